The molecule has 0 aliphatic rings. The third kappa shape index (κ3) is 4.48. The Labute approximate surface area is 138 Å². The molecular formula is C16H14Cl2N2O2. The molecule has 1 N–H and O–H groups in total. The number of benzene rings is 2. The largest absolute Gasteiger partial charge is 0.398 e. The van der Waals surface area contributed by atoms with Gasteiger partial charge in [-0.1, -0.05) is 52.6 Å². The summed E-state index contributed by atoms with van der Waals surface area (Å²) in [5.41, 5.74) is 1.75. The van der Waals surface area contributed by atoms with Gasteiger partial charge in [-0.15, -0.1) is 0 Å². The maximum Gasteiger partial charge on any atom is 0.274 e. The van der Waals surface area contributed by atoms with E-state index in [0.717, 1.165) is 5.56 Å². The number of carbonyl (C=O) groups excluding carboxylic acids is 1. The lowest BCUT2D eigenvalue weighted by Gasteiger charge is -2.08. The van der Waals surface area contributed by atoms with E-state index in [1.54, 1.807) is 36.4 Å². The van der Waals surface area contributed by atoms with Gasteiger partial charge in [0.05, 0.1) is 0 Å². The van der Waals surface area contributed by atoms with E-state index in [2.05, 4.69) is 10.5 Å². The summed E-state index contributed by atoms with van der Waals surface area (Å²) in [7, 11) is 1.39. The zero-order valence-electron chi connectivity index (χ0n) is 11.8. The quantitative estimate of drug-likeness (QED) is 0.669. The molecule has 2 aromatic rings. The number of hydrogen-bond acceptors (Lipinski definition) is 3. The normalized spacial score (nSPS) is 11.1. The molecule has 6 heteroatoms. The third-order valence-electron chi connectivity index (χ3n) is 2.88. The molecule has 2 aromatic carbocycles. The monoisotopic (exact) mass is 336 g/mol. The minimum Gasteiger partial charge on any atom is -0.398 e. The van der Waals surface area contributed by atoms with Crippen LogP contribution < -0.4 is 5.32 Å². The van der Waals surface area contributed by atoms with E-state index in [0.29, 0.717) is 22.2 Å². The lowest BCUT2D eigenvalue weighted by atomic mass is 10.1. The molecule has 1 amide bonds. The van der Waals surface area contributed by atoms with Crippen molar-refractivity contribution < 1.29 is 9.63 Å². The number of hydrogen-bond donors (Lipinski definition) is 1. The van der Waals surface area contributed by atoms with E-state index in [1.165, 1.54) is 7.11 Å². The Morgan fingerprint density at radius 3 is 2.14 bits per heavy atom. The first-order chi connectivity index (χ1) is 10.6. The fourth-order valence-corrected chi connectivity index (χ4v) is 2.04. The SMILES string of the molecule is CON=C(C(=O)NCc1ccc(Cl)cc1)c1ccc(Cl)cc1. The maximum atomic E-state index is 12.3. The fraction of sp³-hybridized carbons (Fsp3) is 0.125. The summed E-state index contributed by atoms with van der Waals surface area (Å²) in [6, 6.07) is 14.0. The molecule has 0 aliphatic heterocycles. The summed E-state index contributed by atoms with van der Waals surface area (Å²) in [5.74, 6) is -0.334. The molecule has 0 bridgehead atoms. The highest BCUT2D eigenvalue weighted by atomic mass is 35.5. The molecule has 0 aliphatic carbocycles. The molecule has 0 heterocycles. The van der Waals surface area contributed by atoms with E-state index < -0.39 is 0 Å². The van der Waals surface area contributed by atoms with Gasteiger partial charge in [-0.05, 0) is 29.8 Å². The molecule has 0 saturated carbocycles. The van der Waals surface area contributed by atoms with E-state index in [4.69, 9.17) is 28.0 Å². The summed E-state index contributed by atoms with van der Waals surface area (Å²) in [5, 5.41) is 7.82. The summed E-state index contributed by atoms with van der Waals surface area (Å²) < 4.78 is 0. The Balaban J connectivity index is 2.08. The average Bonchev–Trinajstić information content (AvgIpc) is 2.53. The minimum absolute atomic E-state index is 0.188. The third-order valence-corrected chi connectivity index (χ3v) is 3.39. The number of amides is 1. The number of oxime groups is 1. The van der Waals surface area contributed by atoms with Crippen molar-refractivity contribution in [1.82, 2.24) is 5.32 Å². The van der Waals surface area contributed by atoms with Crippen molar-refractivity contribution in [2.45, 2.75) is 6.54 Å². The smallest absolute Gasteiger partial charge is 0.274 e. The zero-order valence-corrected chi connectivity index (χ0v) is 13.4. The lowest BCUT2D eigenvalue weighted by Crippen LogP contribution is -2.31. The molecule has 4 nitrogen and oxygen atoms in total. The second-order valence-electron chi connectivity index (χ2n) is 4.44. The molecule has 0 aromatic heterocycles. The standard InChI is InChI=1S/C16H14Cl2N2O2/c1-22-20-15(12-4-8-14(18)9-5-12)16(21)19-10-11-2-6-13(17)7-3-11/h2-9H,10H2,1H3,(H,19,21). The molecule has 114 valence electrons. The van der Waals surface area contributed by atoms with Gasteiger partial charge in [0.2, 0.25) is 0 Å². The van der Waals surface area contributed by atoms with Gasteiger partial charge < -0.3 is 10.2 Å². The van der Waals surface area contributed by atoms with Gasteiger partial charge in [-0.3, -0.25) is 4.79 Å². The molecule has 0 spiro atoms. The first-order valence-corrected chi connectivity index (χ1v) is 7.25. The average molecular weight is 337 g/mol. The van der Waals surface area contributed by atoms with Crippen molar-refractivity contribution in [3.8, 4) is 0 Å². The van der Waals surface area contributed by atoms with Gasteiger partial charge in [0, 0.05) is 22.2 Å². The highest BCUT2D eigenvalue weighted by molar-refractivity contribution is 6.45. The predicted octanol–water partition coefficient (Wildman–Crippen LogP) is 3.66. The van der Waals surface area contributed by atoms with Crippen molar-refractivity contribution in [2.75, 3.05) is 7.11 Å². The predicted molar refractivity (Wildman–Crippen MR) is 88.3 cm³/mol. The van der Waals surface area contributed by atoms with Crippen molar-refractivity contribution in [2.24, 2.45) is 5.16 Å². The Hall–Kier alpha value is -2.04. The number of nitrogens with one attached hydrogen (secondary N) is 1. The maximum absolute atomic E-state index is 12.3. The molecule has 22 heavy (non-hydrogen) atoms. The van der Waals surface area contributed by atoms with E-state index in [9.17, 15) is 4.79 Å². The number of carbonyl (C=O) groups is 1. The molecule has 2 rings (SSSR count). The Morgan fingerprint density at radius 2 is 1.59 bits per heavy atom. The van der Waals surface area contributed by atoms with Crippen LogP contribution in [0.3, 0.4) is 0 Å². The highest BCUT2D eigenvalue weighted by Gasteiger charge is 2.14. The molecule has 0 radical (unpaired) electrons. The second-order valence-corrected chi connectivity index (χ2v) is 5.31. The Bertz CT molecular complexity index is 668. The van der Waals surface area contributed by atoms with Crippen LogP contribution in [-0.2, 0) is 16.2 Å². The van der Waals surface area contributed by atoms with E-state index >= 15 is 0 Å². The summed E-state index contributed by atoms with van der Waals surface area (Å²) in [6.45, 7) is 0.367. The molecule has 0 unspecified atom stereocenters. The summed E-state index contributed by atoms with van der Waals surface area (Å²) in [4.78, 5) is 17.0. The van der Waals surface area contributed by atoms with Crippen LogP contribution in [0.2, 0.25) is 10.0 Å². The van der Waals surface area contributed by atoms with Gasteiger partial charge in [-0.2, -0.15) is 0 Å². The van der Waals surface area contributed by atoms with Gasteiger partial charge in [-0.25, -0.2) is 0 Å². The first-order valence-electron chi connectivity index (χ1n) is 6.50. The van der Waals surface area contributed by atoms with Crippen LogP contribution in [0, 0.1) is 0 Å². The van der Waals surface area contributed by atoms with E-state index in [1.807, 2.05) is 12.1 Å². The van der Waals surface area contributed by atoms with Crippen molar-refractivity contribution in [1.29, 1.82) is 0 Å². The minimum atomic E-state index is -0.334. The van der Waals surface area contributed by atoms with Gasteiger partial charge in [0.15, 0.2) is 5.71 Å². The summed E-state index contributed by atoms with van der Waals surface area (Å²) >= 11 is 11.7. The number of nitrogens with zero attached hydrogens (tertiary/aromatic N) is 1. The Morgan fingerprint density at radius 1 is 1.05 bits per heavy atom. The van der Waals surface area contributed by atoms with Crippen LogP contribution in [0.15, 0.2) is 53.7 Å². The lowest BCUT2D eigenvalue weighted by molar-refractivity contribution is -0.115. The van der Waals surface area contributed by atoms with Crippen LogP contribution in [0.5, 0.6) is 0 Å². The molecule has 0 saturated heterocycles. The van der Waals surface area contributed by atoms with Gasteiger partial charge in [0.25, 0.3) is 5.91 Å². The van der Waals surface area contributed by atoms with Crippen LogP contribution in [0.1, 0.15) is 11.1 Å². The molecular weight excluding hydrogens is 323 g/mol. The Kier molecular flexibility index (Phi) is 5.81. The topological polar surface area (TPSA) is 50.7 Å². The van der Waals surface area contributed by atoms with Crippen LogP contribution in [0.25, 0.3) is 0 Å². The van der Waals surface area contributed by atoms with Gasteiger partial charge >= 0.3 is 0 Å². The highest BCUT2D eigenvalue weighted by Crippen LogP contribution is 2.12. The van der Waals surface area contributed by atoms with Crippen LogP contribution in [0.4, 0.5) is 0 Å². The number of halogens is 2. The van der Waals surface area contributed by atoms with Crippen molar-refractivity contribution in [3.63, 3.8) is 0 Å². The fourth-order valence-electron chi connectivity index (χ4n) is 1.79. The van der Waals surface area contributed by atoms with Crippen LogP contribution in [-0.4, -0.2) is 18.7 Å². The molecule has 0 fully saturated rings. The summed E-state index contributed by atoms with van der Waals surface area (Å²) in [6.07, 6.45) is 0. The van der Waals surface area contributed by atoms with E-state index in [-0.39, 0.29) is 11.6 Å². The molecule has 0 atom stereocenters. The van der Waals surface area contributed by atoms with Crippen molar-refractivity contribution in [3.05, 3.63) is 69.7 Å². The first kappa shape index (κ1) is 16.3. The van der Waals surface area contributed by atoms with Crippen molar-refractivity contribution >= 4 is 34.8 Å². The zero-order chi connectivity index (χ0) is 15.9. The van der Waals surface area contributed by atoms with Gasteiger partial charge in [0.1, 0.15) is 7.11 Å². The second kappa shape index (κ2) is 7.82. The number of rotatable bonds is 5. The van der Waals surface area contributed by atoms with Crippen LogP contribution >= 0.6 is 23.2 Å².